The van der Waals surface area contributed by atoms with Crippen molar-refractivity contribution < 1.29 is 14.3 Å². The van der Waals surface area contributed by atoms with Crippen LogP contribution in [-0.2, 0) is 18.3 Å². The van der Waals surface area contributed by atoms with E-state index in [0.29, 0.717) is 23.1 Å². The molecule has 2 atom stereocenters. The summed E-state index contributed by atoms with van der Waals surface area (Å²) >= 11 is 0. The molecule has 0 bridgehead atoms. The van der Waals surface area contributed by atoms with Gasteiger partial charge >= 0.3 is 5.76 Å². The highest BCUT2D eigenvalue weighted by Crippen LogP contribution is 2.25. The molecular weight excluding hydrogens is 432 g/mol. The number of nitrogens with zero attached hydrogens (tertiary/aromatic N) is 2. The number of oxazole rings is 1. The van der Waals surface area contributed by atoms with Crippen molar-refractivity contribution in [1.29, 1.82) is 5.26 Å². The van der Waals surface area contributed by atoms with E-state index in [1.807, 2.05) is 36.4 Å². The van der Waals surface area contributed by atoms with Crippen molar-refractivity contribution in [3.63, 3.8) is 0 Å². The molecule has 1 amide bonds. The summed E-state index contributed by atoms with van der Waals surface area (Å²) in [5.74, 6) is -0.736. The van der Waals surface area contributed by atoms with E-state index in [1.54, 1.807) is 31.3 Å². The van der Waals surface area contributed by atoms with E-state index in [9.17, 15) is 20.0 Å². The number of amides is 1. The Labute approximate surface area is 195 Å². The summed E-state index contributed by atoms with van der Waals surface area (Å²) in [5.41, 5.74) is 10.5. The molecule has 0 saturated heterocycles. The van der Waals surface area contributed by atoms with Crippen molar-refractivity contribution in [1.82, 2.24) is 9.88 Å². The highest BCUT2D eigenvalue weighted by molar-refractivity contribution is 5.80. The molecule has 34 heavy (non-hydrogen) atoms. The molecule has 0 aliphatic carbocycles. The molecular formula is C26H24N4O4. The molecule has 0 spiro atoms. The lowest BCUT2D eigenvalue weighted by Gasteiger charge is -2.16. The first-order valence-corrected chi connectivity index (χ1v) is 10.8. The zero-order valence-corrected chi connectivity index (χ0v) is 18.6. The first-order valence-electron chi connectivity index (χ1n) is 10.8. The van der Waals surface area contributed by atoms with Gasteiger partial charge in [0.05, 0.1) is 11.6 Å². The first kappa shape index (κ1) is 22.8. The molecule has 0 fully saturated rings. The van der Waals surface area contributed by atoms with Gasteiger partial charge in [0.2, 0.25) is 5.91 Å². The predicted octanol–water partition coefficient (Wildman–Crippen LogP) is 3.15. The van der Waals surface area contributed by atoms with Crippen molar-refractivity contribution in [2.75, 3.05) is 0 Å². The number of aromatic nitrogens is 1. The van der Waals surface area contributed by atoms with Crippen molar-refractivity contribution in [2.45, 2.75) is 24.9 Å². The van der Waals surface area contributed by atoms with Crippen LogP contribution in [-0.4, -0.2) is 21.6 Å². The number of fused-ring (bicyclic) bond motifs is 1. The van der Waals surface area contributed by atoms with Gasteiger partial charge < -0.3 is 20.6 Å². The van der Waals surface area contributed by atoms with E-state index in [4.69, 9.17) is 10.2 Å². The zero-order valence-electron chi connectivity index (χ0n) is 18.6. The van der Waals surface area contributed by atoms with Crippen molar-refractivity contribution in [3.05, 3.63) is 88.4 Å². The molecule has 0 saturated carbocycles. The predicted molar refractivity (Wildman–Crippen MR) is 128 cm³/mol. The van der Waals surface area contributed by atoms with Crippen molar-refractivity contribution >= 4 is 17.0 Å². The fourth-order valence-electron chi connectivity index (χ4n) is 3.87. The third-order valence-electron chi connectivity index (χ3n) is 5.75. The number of nitrogens with one attached hydrogen (secondary N) is 1. The van der Waals surface area contributed by atoms with Gasteiger partial charge in [0.15, 0.2) is 5.58 Å². The van der Waals surface area contributed by atoms with Gasteiger partial charge in [-0.25, -0.2) is 4.79 Å². The first-order chi connectivity index (χ1) is 16.4. The molecule has 1 heterocycles. The van der Waals surface area contributed by atoms with Gasteiger partial charge in [-0.3, -0.25) is 9.36 Å². The number of carbonyl (C=O) groups excluding carboxylic acids is 1. The number of hydrogen-bond donors (Lipinski definition) is 3. The van der Waals surface area contributed by atoms with Crippen molar-refractivity contribution in [2.24, 2.45) is 12.8 Å². The summed E-state index contributed by atoms with van der Waals surface area (Å²) < 4.78 is 6.63. The number of benzene rings is 3. The van der Waals surface area contributed by atoms with E-state index < -0.39 is 17.8 Å². The van der Waals surface area contributed by atoms with Crippen LogP contribution >= 0.6 is 0 Å². The minimum atomic E-state index is -0.716. The van der Waals surface area contributed by atoms with Gasteiger partial charge in [-0.1, -0.05) is 48.5 Å². The number of hydrogen-bond acceptors (Lipinski definition) is 6. The maximum absolute atomic E-state index is 12.4. The van der Waals surface area contributed by atoms with Crippen LogP contribution in [0, 0.1) is 11.3 Å². The minimum Gasteiger partial charge on any atom is -0.508 e. The summed E-state index contributed by atoms with van der Waals surface area (Å²) in [6.45, 7) is 0. The van der Waals surface area contributed by atoms with Crippen LogP contribution in [0.2, 0.25) is 0 Å². The van der Waals surface area contributed by atoms with Crippen LogP contribution in [0.25, 0.3) is 22.2 Å². The molecule has 8 heteroatoms. The average molecular weight is 457 g/mol. The maximum Gasteiger partial charge on any atom is 0.419 e. The lowest BCUT2D eigenvalue weighted by atomic mass is 10.00. The Kier molecular flexibility index (Phi) is 6.48. The second-order valence-corrected chi connectivity index (χ2v) is 8.13. The fourth-order valence-corrected chi connectivity index (χ4v) is 3.87. The fraction of sp³-hybridized carbons (Fsp3) is 0.192. The van der Waals surface area contributed by atoms with E-state index in [-0.39, 0.29) is 18.1 Å². The average Bonchev–Trinajstić information content (AvgIpc) is 3.12. The van der Waals surface area contributed by atoms with Crippen LogP contribution in [0.3, 0.4) is 0 Å². The van der Waals surface area contributed by atoms with E-state index >= 15 is 0 Å². The Morgan fingerprint density at radius 2 is 1.85 bits per heavy atom. The van der Waals surface area contributed by atoms with Crippen LogP contribution in [0.1, 0.15) is 23.6 Å². The molecule has 0 aliphatic heterocycles. The van der Waals surface area contributed by atoms with E-state index in [0.717, 1.165) is 16.7 Å². The van der Waals surface area contributed by atoms with Gasteiger partial charge in [-0.2, -0.15) is 5.26 Å². The zero-order chi connectivity index (χ0) is 24.2. The smallest absolute Gasteiger partial charge is 0.419 e. The number of rotatable bonds is 7. The van der Waals surface area contributed by atoms with Crippen LogP contribution in [0.15, 0.2) is 75.9 Å². The van der Waals surface area contributed by atoms with E-state index in [1.165, 1.54) is 10.6 Å². The molecule has 4 aromatic rings. The summed E-state index contributed by atoms with van der Waals surface area (Å²) in [6.07, 6.45) is 0.289. The highest BCUT2D eigenvalue weighted by Gasteiger charge is 2.18. The van der Waals surface area contributed by atoms with Gasteiger partial charge in [0, 0.05) is 31.5 Å². The molecule has 4 rings (SSSR count). The highest BCUT2D eigenvalue weighted by atomic mass is 16.4. The molecule has 172 valence electrons. The summed E-state index contributed by atoms with van der Waals surface area (Å²) in [5, 5.41) is 22.1. The Morgan fingerprint density at radius 1 is 1.15 bits per heavy atom. The monoisotopic (exact) mass is 456 g/mol. The van der Waals surface area contributed by atoms with Crippen molar-refractivity contribution in [3.8, 4) is 22.9 Å². The number of carbonyl (C=O) groups is 1. The Hall–Kier alpha value is -4.35. The largest absolute Gasteiger partial charge is 0.508 e. The summed E-state index contributed by atoms with van der Waals surface area (Å²) in [4.78, 5) is 24.1. The topological polar surface area (TPSA) is 134 Å². The number of nitrogens with two attached hydrogens (primary N) is 1. The SMILES string of the molecule is Cn1c(=O)oc2ccc(-c3ccc(C[C@@H](C#N)NC(=O)C[C@@H](N)c4ccccc4O)cc3)cc21. The normalized spacial score (nSPS) is 12.7. The second kappa shape index (κ2) is 9.65. The molecule has 1 aromatic heterocycles. The number of nitriles is 1. The Morgan fingerprint density at radius 3 is 2.56 bits per heavy atom. The molecule has 3 aromatic carbocycles. The summed E-state index contributed by atoms with van der Waals surface area (Å²) in [6, 6.07) is 20.5. The van der Waals surface area contributed by atoms with Gasteiger partial charge in [-0.05, 0) is 34.9 Å². The minimum absolute atomic E-state index is 0.0360. The Balaban J connectivity index is 1.40. The Bertz CT molecular complexity index is 1430. The third kappa shape index (κ3) is 4.85. The molecule has 8 nitrogen and oxygen atoms in total. The van der Waals surface area contributed by atoms with Crippen LogP contribution in [0.5, 0.6) is 5.75 Å². The molecule has 0 unspecified atom stereocenters. The van der Waals surface area contributed by atoms with E-state index in [2.05, 4.69) is 11.4 Å². The van der Waals surface area contributed by atoms with Gasteiger partial charge in [-0.15, -0.1) is 0 Å². The number of para-hydroxylation sites is 1. The standard InChI is InChI=1S/C26H24N4O4/c1-30-22-13-18(10-11-24(22)34-26(30)33)17-8-6-16(7-9-17)12-19(15-27)29-25(32)14-21(28)20-4-2-3-5-23(20)31/h2-11,13,19,21,31H,12,14,28H2,1H3,(H,29,32)/t19-,21+/m0/s1. The number of aryl methyl sites for hydroxylation is 1. The maximum atomic E-state index is 12.4. The van der Waals surface area contributed by atoms with Gasteiger partial charge in [0.1, 0.15) is 11.8 Å². The summed E-state index contributed by atoms with van der Waals surface area (Å²) in [7, 11) is 1.66. The number of phenols is 1. The third-order valence-corrected chi connectivity index (χ3v) is 5.75. The number of aromatic hydroxyl groups is 1. The second-order valence-electron chi connectivity index (χ2n) is 8.13. The molecule has 0 aliphatic rings. The lowest BCUT2D eigenvalue weighted by Crippen LogP contribution is -2.36. The van der Waals surface area contributed by atoms with Gasteiger partial charge in [0.25, 0.3) is 0 Å². The molecule has 4 N–H and O–H groups in total. The molecule has 0 radical (unpaired) electrons. The quantitative estimate of drug-likeness (QED) is 0.391. The number of phenolic OH excluding ortho intramolecular Hbond substituents is 1. The lowest BCUT2D eigenvalue weighted by molar-refractivity contribution is -0.121. The van der Waals surface area contributed by atoms with Crippen LogP contribution < -0.4 is 16.8 Å². The van der Waals surface area contributed by atoms with Crippen LogP contribution in [0.4, 0.5) is 0 Å².